The summed E-state index contributed by atoms with van der Waals surface area (Å²) in [6.07, 6.45) is 1.66. The van der Waals surface area contributed by atoms with Gasteiger partial charge in [0.05, 0.1) is 16.0 Å². The summed E-state index contributed by atoms with van der Waals surface area (Å²) in [5.41, 5.74) is -0.0919. The molecule has 2 aromatic rings. The maximum absolute atomic E-state index is 12.1. The summed E-state index contributed by atoms with van der Waals surface area (Å²) in [6.45, 7) is 0.401. The van der Waals surface area contributed by atoms with Crippen LogP contribution in [-0.2, 0) is 10.0 Å². The summed E-state index contributed by atoms with van der Waals surface area (Å²) in [7, 11) is -3.86. The fraction of sp³-hybridized carbons (Fsp3) is 0.214. The molecule has 0 spiro atoms. The van der Waals surface area contributed by atoms with E-state index in [2.05, 4.69) is 20.0 Å². The van der Waals surface area contributed by atoms with Crippen LogP contribution in [0.2, 0.25) is 5.28 Å². The van der Waals surface area contributed by atoms with E-state index in [0.29, 0.717) is 13.0 Å². The molecule has 0 amide bonds. The van der Waals surface area contributed by atoms with Gasteiger partial charge in [-0.05, 0) is 24.1 Å². The average Bonchev–Trinajstić information content (AvgIpc) is 2.61. The van der Waals surface area contributed by atoms with Crippen LogP contribution < -0.4 is 10.0 Å². The van der Waals surface area contributed by atoms with Crippen LogP contribution in [0.5, 0.6) is 0 Å². The molecule has 10 nitrogen and oxygen atoms in total. The van der Waals surface area contributed by atoms with E-state index in [1.54, 1.807) is 0 Å². The van der Waals surface area contributed by atoms with Crippen molar-refractivity contribution in [3.63, 3.8) is 0 Å². The van der Waals surface area contributed by atoms with Crippen molar-refractivity contribution in [3.8, 4) is 6.07 Å². The molecule has 1 aromatic carbocycles. The van der Waals surface area contributed by atoms with E-state index in [9.17, 15) is 18.5 Å². The Morgan fingerprint density at radius 1 is 1.35 bits per heavy atom. The van der Waals surface area contributed by atoms with Crippen LogP contribution in [0.3, 0.4) is 0 Å². The monoisotopic (exact) mass is 396 g/mol. The van der Waals surface area contributed by atoms with E-state index in [1.807, 2.05) is 6.07 Å². The van der Waals surface area contributed by atoms with Gasteiger partial charge in [-0.3, -0.25) is 10.1 Å². The van der Waals surface area contributed by atoms with E-state index in [0.717, 1.165) is 6.07 Å². The van der Waals surface area contributed by atoms with Gasteiger partial charge in [0.1, 0.15) is 17.5 Å². The minimum atomic E-state index is -3.86. The Morgan fingerprint density at radius 2 is 2.12 bits per heavy atom. The first-order chi connectivity index (χ1) is 12.3. The molecule has 0 bridgehead atoms. The largest absolute Gasteiger partial charge is 0.369 e. The molecule has 0 fully saturated rings. The number of anilines is 1. The fourth-order valence-corrected chi connectivity index (χ4v) is 3.17. The summed E-state index contributed by atoms with van der Waals surface area (Å²) < 4.78 is 26.7. The molecule has 26 heavy (non-hydrogen) atoms. The zero-order valence-electron chi connectivity index (χ0n) is 13.2. The zero-order chi connectivity index (χ0) is 19.2. The van der Waals surface area contributed by atoms with Gasteiger partial charge in [-0.25, -0.2) is 18.1 Å². The molecule has 0 atom stereocenters. The number of aromatic nitrogens is 2. The van der Waals surface area contributed by atoms with Crippen LogP contribution in [0.15, 0.2) is 35.4 Å². The Kier molecular flexibility index (Phi) is 6.40. The number of rotatable bonds is 8. The van der Waals surface area contributed by atoms with Crippen molar-refractivity contribution in [1.29, 1.82) is 5.26 Å². The lowest BCUT2D eigenvalue weighted by Gasteiger charge is -2.09. The van der Waals surface area contributed by atoms with Crippen LogP contribution in [-0.4, -0.2) is 36.4 Å². The average molecular weight is 397 g/mol. The molecule has 1 aromatic heterocycles. The van der Waals surface area contributed by atoms with Crippen molar-refractivity contribution in [2.75, 3.05) is 18.4 Å². The Morgan fingerprint density at radius 3 is 2.81 bits per heavy atom. The van der Waals surface area contributed by atoms with Gasteiger partial charge in [0.25, 0.3) is 5.69 Å². The third-order valence-electron chi connectivity index (χ3n) is 3.16. The maximum atomic E-state index is 12.1. The van der Waals surface area contributed by atoms with Gasteiger partial charge in [0, 0.05) is 25.2 Å². The van der Waals surface area contributed by atoms with Crippen LogP contribution in [0.25, 0.3) is 0 Å². The van der Waals surface area contributed by atoms with Crippen LogP contribution in [0.4, 0.5) is 11.5 Å². The van der Waals surface area contributed by atoms with Gasteiger partial charge >= 0.3 is 0 Å². The van der Waals surface area contributed by atoms with E-state index >= 15 is 0 Å². The van der Waals surface area contributed by atoms with E-state index < -0.39 is 14.9 Å². The minimum absolute atomic E-state index is 0.0159. The Bertz CT molecular complexity index is 960. The van der Waals surface area contributed by atoms with Crippen LogP contribution in [0.1, 0.15) is 12.0 Å². The first kappa shape index (κ1) is 19.5. The zero-order valence-corrected chi connectivity index (χ0v) is 14.8. The van der Waals surface area contributed by atoms with Crippen molar-refractivity contribution >= 4 is 33.1 Å². The predicted octanol–water partition coefficient (Wildman–Crippen LogP) is 1.69. The lowest BCUT2D eigenvalue weighted by molar-refractivity contribution is -0.385. The lowest BCUT2D eigenvalue weighted by atomic mass is 10.3. The van der Waals surface area contributed by atoms with Gasteiger partial charge < -0.3 is 5.32 Å². The molecule has 0 radical (unpaired) electrons. The molecule has 0 unspecified atom stereocenters. The topological polar surface area (TPSA) is 151 Å². The third-order valence-corrected chi connectivity index (χ3v) is 4.80. The van der Waals surface area contributed by atoms with E-state index in [-0.39, 0.29) is 33.8 Å². The molecule has 0 aliphatic heterocycles. The summed E-state index contributed by atoms with van der Waals surface area (Å²) in [4.78, 5) is 17.5. The number of non-ortho nitro benzene ring substituents is 1. The third kappa shape index (κ3) is 5.09. The van der Waals surface area contributed by atoms with Crippen LogP contribution >= 0.6 is 11.6 Å². The van der Waals surface area contributed by atoms with Gasteiger partial charge in [-0.2, -0.15) is 10.2 Å². The summed E-state index contributed by atoms with van der Waals surface area (Å²) >= 11 is 5.67. The maximum Gasteiger partial charge on any atom is 0.270 e. The number of halogens is 1. The molecule has 2 N–H and O–H groups in total. The van der Waals surface area contributed by atoms with Crippen molar-refractivity contribution in [1.82, 2.24) is 14.7 Å². The van der Waals surface area contributed by atoms with Gasteiger partial charge in [0.15, 0.2) is 0 Å². The standard InChI is InChI=1S/C14H13ClN6O4S/c15-14-18-9-10(8-16)13(20-14)17-5-2-6-19-26(24,25)12-4-1-3-11(7-12)21(22)23/h1,3-4,7,9,19H,2,5-6H2,(H,17,18,20). The molecule has 0 saturated heterocycles. The Hall–Kier alpha value is -2.81. The van der Waals surface area contributed by atoms with E-state index in [1.165, 1.54) is 24.4 Å². The number of nitrogens with one attached hydrogen (secondary N) is 2. The van der Waals surface area contributed by atoms with E-state index in [4.69, 9.17) is 16.9 Å². The lowest BCUT2D eigenvalue weighted by Crippen LogP contribution is -2.26. The van der Waals surface area contributed by atoms with Crippen molar-refractivity contribution in [3.05, 3.63) is 51.4 Å². The highest BCUT2D eigenvalue weighted by Crippen LogP contribution is 2.17. The second-order valence-electron chi connectivity index (χ2n) is 4.95. The second kappa shape index (κ2) is 8.52. The number of nitro benzene ring substituents is 1. The van der Waals surface area contributed by atoms with Crippen LogP contribution in [0, 0.1) is 21.4 Å². The number of nitriles is 1. The molecular weight excluding hydrogens is 384 g/mol. The summed E-state index contributed by atoms with van der Waals surface area (Å²) in [6, 6.07) is 6.69. The predicted molar refractivity (Wildman–Crippen MR) is 93.1 cm³/mol. The first-order valence-corrected chi connectivity index (χ1v) is 9.10. The number of nitrogens with zero attached hydrogens (tertiary/aromatic N) is 4. The van der Waals surface area contributed by atoms with Gasteiger partial charge in [-0.15, -0.1) is 0 Å². The van der Waals surface area contributed by atoms with Crippen molar-refractivity contribution in [2.45, 2.75) is 11.3 Å². The minimum Gasteiger partial charge on any atom is -0.369 e. The highest BCUT2D eigenvalue weighted by Gasteiger charge is 2.17. The summed E-state index contributed by atoms with van der Waals surface area (Å²) in [5.74, 6) is 0.258. The number of sulfonamides is 1. The highest BCUT2D eigenvalue weighted by molar-refractivity contribution is 7.89. The smallest absolute Gasteiger partial charge is 0.270 e. The quantitative estimate of drug-likeness (QED) is 0.296. The first-order valence-electron chi connectivity index (χ1n) is 7.24. The normalized spacial score (nSPS) is 10.9. The molecule has 136 valence electrons. The molecule has 0 aliphatic rings. The van der Waals surface area contributed by atoms with Crippen molar-refractivity contribution in [2.24, 2.45) is 0 Å². The Balaban J connectivity index is 1.90. The molecule has 1 heterocycles. The SMILES string of the molecule is N#Cc1cnc(Cl)nc1NCCCNS(=O)(=O)c1cccc([N+](=O)[O-])c1. The summed E-state index contributed by atoms with van der Waals surface area (Å²) in [5, 5.41) is 22.5. The Labute approximate surface area is 154 Å². The van der Waals surface area contributed by atoms with Gasteiger partial charge in [-0.1, -0.05) is 6.07 Å². The number of hydrogen-bond acceptors (Lipinski definition) is 8. The molecule has 0 aliphatic carbocycles. The highest BCUT2D eigenvalue weighted by atomic mass is 35.5. The second-order valence-corrected chi connectivity index (χ2v) is 7.05. The fourth-order valence-electron chi connectivity index (χ4n) is 1.93. The molecule has 12 heteroatoms. The van der Waals surface area contributed by atoms with Gasteiger partial charge in [0.2, 0.25) is 15.3 Å². The molecule has 2 rings (SSSR count). The number of hydrogen-bond donors (Lipinski definition) is 2. The molecule has 0 saturated carbocycles. The number of benzene rings is 1. The number of nitro groups is 1. The van der Waals surface area contributed by atoms with Crippen molar-refractivity contribution < 1.29 is 13.3 Å². The molecular formula is C14H13ClN6O4S.